The van der Waals surface area contributed by atoms with E-state index in [1.54, 1.807) is 18.2 Å². The van der Waals surface area contributed by atoms with Crippen LogP contribution in [0.5, 0.6) is 0 Å². The summed E-state index contributed by atoms with van der Waals surface area (Å²) in [4.78, 5) is 50.3. The SMILES string of the molecule is O=C1CCC(N2C(=O)c3cccc(NCCCCCCCCO)c3C2=O)C(=O)N1. The molecule has 0 radical (unpaired) electrons. The second-order valence-electron chi connectivity index (χ2n) is 7.45. The first-order valence-corrected chi connectivity index (χ1v) is 10.2. The number of hydrogen-bond donors (Lipinski definition) is 3. The summed E-state index contributed by atoms with van der Waals surface area (Å²) in [5, 5.41) is 14.2. The summed E-state index contributed by atoms with van der Waals surface area (Å²) in [5.41, 5.74) is 1.18. The molecule has 1 fully saturated rings. The molecule has 0 bridgehead atoms. The van der Waals surface area contributed by atoms with Crippen molar-refractivity contribution in [2.45, 2.75) is 57.4 Å². The average Bonchev–Trinajstić information content (AvgIpc) is 2.95. The Hall–Kier alpha value is -2.74. The highest BCUT2D eigenvalue weighted by Crippen LogP contribution is 2.32. The largest absolute Gasteiger partial charge is 0.396 e. The standard InChI is InChI=1S/C21H27N3O5/c25-13-6-4-2-1-3-5-12-22-15-9-7-8-14-18(15)21(29)24(20(14)28)16-10-11-17(26)23-19(16)27/h7-9,16,22,25H,1-6,10-13H2,(H,23,26,27). The molecular formula is C21H27N3O5. The van der Waals surface area contributed by atoms with Crippen LogP contribution in [0.15, 0.2) is 18.2 Å². The first kappa shape index (κ1) is 21.0. The lowest BCUT2D eigenvalue weighted by molar-refractivity contribution is -0.136. The molecule has 156 valence electrons. The van der Waals surface area contributed by atoms with Gasteiger partial charge in [0.1, 0.15) is 6.04 Å². The van der Waals surface area contributed by atoms with Gasteiger partial charge in [-0.25, -0.2) is 0 Å². The van der Waals surface area contributed by atoms with Crippen LogP contribution in [0, 0.1) is 0 Å². The first-order chi connectivity index (χ1) is 14.0. The highest BCUT2D eigenvalue weighted by Gasteiger charge is 2.45. The number of piperidine rings is 1. The number of nitrogens with one attached hydrogen (secondary N) is 2. The van der Waals surface area contributed by atoms with E-state index in [4.69, 9.17) is 5.11 Å². The highest BCUT2D eigenvalue weighted by molar-refractivity contribution is 6.25. The van der Waals surface area contributed by atoms with Gasteiger partial charge in [-0.05, 0) is 31.4 Å². The number of amides is 4. The average molecular weight is 401 g/mol. The molecule has 3 rings (SSSR count). The topological polar surface area (TPSA) is 116 Å². The molecule has 1 unspecified atom stereocenters. The molecule has 0 aliphatic carbocycles. The maximum atomic E-state index is 13.0. The second-order valence-corrected chi connectivity index (χ2v) is 7.45. The summed E-state index contributed by atoms with van der Waals surface area (Å²) in [6, 6.07) is 4.12. The summed E-state index contributed by atoms with van der Waals surface area (Å²) >= 11 is 0. The fourth-order valence-electron chi connectivity index (χ4n) is 3.83. The Kier molecular flexibility index (Phi) is 6.98. The minimum Gasteiger partial charge on any atom is -0.396 e. The van der Waals surface area contributed by atoms with Gasteiger partial charge >= 0.3 is 0 Å². The van der Waals surface area contributed by atoms with E-state index in [1.807, 2.05) is 0 Å². The summed E-state index contributed by atoms with van der Waals surface area (Å²) < 4.78 is 0. The van der Waals surface area contributed by atoms with Gasteiger partial charge in [-0.2, -0.15) is 0 Å². The van der Waals surface area contributed by atoms with Gasteiger partial charge in [0, 0.05) is 25.3 Å². The number of aliphatic hydroxyl groups excluding tert-OH is 1. The molecule has 2 aliphatic rings. The lowest BCUT2D eigenvalue weighted by atomic mass is 10.0. The fourth-order valence-corrected chi connectivity index (χ4v) is 3.83. The van der Waals surface area contributed by atoms with E-state index < -0.39 is 23.8 Å². The van der Waals surface area contributed by atoms with Crippen molar-refractivity contribution in [1.29, 1.82) is 0 Å². The van der Waals surface area contributed by atoms with Crippen molar-refractivity contribution in [2.75, 3.05) is 18.5 Å². The zero-order valence-corrected chi connectivity index (χ0v) is 16.4. The lowest BCUT2D eigenvalue weighted by Gasteiger charge is -2.27. The zero-order chi connectivity index (χ0) is 20.8. The molecule has 8 heteroatoms. The summed E-state index contributed by atoms with van der Waals surface area (Å²) in [5.74, 6) is -1.98. The molecule has 0 saturated carbocycles. The molecule has 8 nitrogen and oxygen atoms in total. The predicted octanol–water partition coefficient (Wildman–Crippen LogP) is 1.83. The first-order valence-electron chi connectivity index (χ1n) is 10.2. The second kappa shape index (κ2) is 9.65. The van der Waals surface area contributed by atoms with Crippen molar-refractivity contribution in [3.8, 4) is 0 Å². The van der Waals surface area contributed by atoms with Crippen LogP contribution in [0.2, 0.25) is 0 Å². The molecule has 1 aromatic rings. The fraction of sp³-hybridized carbons (Fsp3) is 0.524. The third-order valence-electron chi connectivity index (χ3n) is 5.37. The Bertz CT molecular complexity index is 808. The minimum absolute atomic E-state index is 0.104. The van der Waals surface area contributed by atoms with Crippen LogP contribution in [0.3, 0.4) is 0 Å². The maximum absolute atomic E-state index is 13.0. The van der Waals surface area contributed by atoms with Gasteiger partial charge in [-0.15, -0.1) is 0 Å². The molecule has 2 heterocycles. The van der Waals surface area contributed by atoms with Crippen LogP contribution < -0.4 is 10.6 Å². The van der Waals surface area contributed by atoms with Crippen molar-refractivity contribution < 1.29 is 24.3 Å². The molecule has 1 saturated heterocycles. The predicted molar refractivity (Wildman–Crippen MR) is 106 cm³/mol. The number of aliphatic hydroxyl groups is 1. The van der Waals surface area contributed by atoms with Gasteiger partial charge in [-0.3, -0.25) is 29.4 Å². The normalized spacial score (nSPS) is 18.8. The molecule has 0 aromatic heterocycles. The third-order valence-corrected chi connectivity index (χ3v) is 5.37. The Morgan fingerprint density at radius 2 is 1.72 bits per heavy atom. The molecule has 4 amide bonds. The molecule has 3 N–H and O–H groups in total. The van der Waals surface area contributed by atoms with E-state index in [9.17, 15) is 19.2 Å². The van der Waals surface area contributed by atoms with Crippen molar-refractivity contribution in [3.63, 3.8) is 0 Å². The third kappa shape index (κ3) is 4.64. The van der Waals surface area contributed by atoms with E-state index in [-0.39, 0.29) is 30.9 Å². The van der Waals surface area contributed by atoms with E-state index in [2.05, 4.69) is 10.6 Å². The summed E-state index contributed by atoms with van der Waals surface area (Å²) in [6.07, 6.45) is 6.29. The molecule has 29 heavy (non-hydrogen) atoms. The van der Waals surface area contributed by atoms with Crippen molar-refractivity contribution >= 4 is 29.3 Å². The number of anilines is 1. The Labute approximate surface area is 169 Å². The van der Waals surface area contributed by atoms with Gasteiger partial charge < -0.3 is 10.4 Å². The van der Waals surface area contributed by atoms with Crippen LogP contribution in [0.25, 0.3) is 0 Å². The van der Waals surface area contributed by atoms with Crippen LogP contribution in [0.1, 0.15) is 72.1 Å². The number of fused-ring (bicyclic) bond motifs is 1. The van der Waals surface area contributed by atoms with E-state index in [0.29, 0.717) is 17.8 Å². The number of hydrogen-bond acceptors (Lipinski definition) is 6. The number of carbonyl (C=O) groups excluding carboxylic acids is 4. The number of nitrogens with zero attached hydrogens (tertiary/aromatic N) is 1. The van der Waals surface area contributed by atoms with Crippen LogP contribution in [-0.2, 0) is 9.59 Å². The van der Waals surface area contributed by atoms with Crippen molar-refractivity contribution in [2.24, 2.45) is 0 Å². The molecule has 1 aromatic carbocycles. The van der Waals surface area contributed by atoms with Crippen molar-refractivity contribution in [3.05, 3.63) is 29.3 Å². The van der Waals surface area contributed by atoms with Crippen LogP contribution >= 0.6 is 0 Å². The smallest absolute Gasteiger partial charge is 0.264 e. The number of unbranched alkanes of at least 4 members (excludes halogenated alkanes) is 5. The molecule has 2 aliphatic heterocycles. The van der Waals surface area contributed by atoms with E-state index >= 15 is 0 Å². The van der Waals surface area contributed by atoms with Gasteiger partial charge in [0.25, 0.3) is 11.8 Å². The monoisotopic (exact) mass is 401 g/mol. The summed E-state index contributed by atoms with van der Waals surface area (Å²) in [7, 11) is 0. The van der Waals surface area contributed by atoms with Crippen LogP contribution in [-0.4, -0.2) is 52.8 Å². The number of carbonyl (C=O) groups is 4. The summed E-state index contributed by atoms with van der Waals surface area (Å²) in [6.45, 7) is 0.916. The van der Waals surface area contributed by atoms with Gasteiger partial charge in [0.2, 0.25) is 11.8 Å². The van der Waals surface area contributed by atoms with Gasteiger partial charge in [0.05, 0.1) is 11.1 Å². The Balaban J connectivity index is 1.61. The minimum atomic E-state index is -0.952. The number of rotatable bonds is 10. The Morgan fingerprint density at radius 1 is 1.00 bits per heavy atom. The highest BCUT2D eigenvalue weighted by atomic mass is 16.3. The van der Waals surface area contributed by atoms with E-state index in [1.165, 1.54) is 0 Å². The molecular weight excluding hydrogens is 374 g/mol. The number of imide groups is 2. The maximum Gasteiger partial charge on any atom is 0.264 e. The Morgan fingerprint density at radius 3 is 2.45 bits per heavy atom. The molecule has 1 atom stereocenters. The lowest BCUT2D eigenvalue weighted by Crippen LogP contribution is -2.54. The quantitative estimate of drug-likeness (QED) is 0.407. The van der Waals surface area contributed by atoms with Crippen molar-refractivity contribution in [1.82, 2.24) is 10.2 Å². The number of benzene rings is 1. The van der Waals surface area contributed by atoms with Crippen LogP contribution in [0.4, 0.5) is 5.69 Å². The van der Waals surface area contributed by atoms with Gasteiger partial charge in [-0.1, -0.05) is 31.7 Å². The van der Waals surface area contributed by atoms with Gasteiger partial charge in [0.15, 0.2) is 0 Å². The zero-order valence-electron chi connectivity index (χ0n) is 16.4. The van der Waals surface area contributed by atoms with E-state index in [0.717, 1.165) is 43.4 Å². The molecule has 0 spiro atoms.